The Morgan fingerprint density at radius 2 is 2.24 bits per heavy atom. The van der Waals surface area contributed by atoms with Gasteiger partial charge in [-0.15, -0.1) is 11.3 Å². The van der Waals surface area contributed by atoms with Crippen molar-refractivity contribution < 1.29 is 9.21 Å². The predicted molar refractivity (Wildman–Crippen MR) is 83.3 cm³/mol. The number of nitrogen functional groups attached to an aromatic ring is 1. The summed E-state index contributed by atoms with van der Waals surface area (Å²) >= 11 is 1.32. The summed E-state index contributed by atoms with van der Waals surface area (Å²) in [5.41, 5.74) is 6.57. The second-order valence-corrected chi connectivity index (χ2v) is 5.87. The Labute approximate surface area is 126 Å². The van der Waals surface area contributed by atoms with E-state index in [1.807, 2.05) is 31.2 Å². The van der Waals surface area contributed by atoms with E-state index in [1.54, 1.807) is 18.1 Å². The second kappa shape index (κ2) is 5.21. The highest BCUT2D eigenvalue weighted by Crippen LogP contribution is 2.32. The quantitative estimate of drug-likeness (QED) is 0.807. The number of carbonyl (C=O) groups excluding carboxylic acids is 1. The second-order valence-electron chi connectivity index (χ2n) is 4.87. The van der Waals surface area contributed by atoms with E-state index in [4.69, 9.17) is 10.2 Å². The van der Waals surface area contributed by atoms with Gasteiger partial charge in [0, 0.05) is 18.6 Å². The van der Waals surface area contributed by atoms with Crippen LogP contribution >= 0.6 is 11.3 Å². The number of amides is 1. The number of hydrogen-bond donors (Lipinski definition) is 1. The van der Waals surface area contributed by atoms with Crippen molar-refractivity contribution in [1.29, 1.82) is 0 Å². The smallest absolute Gasteiger partial charge is 0.266 e. The fourth-order valence-electron chi connectivity index (χ4n) is 2.16. The normalized spacial score (nSPS) is 11.0. The Hall–Kier alpha value is -2.34. The summed E-state index contributed by atoms with van der Waals surface area (Å²) in [4.78, 5) is 19.7. The Balaban J connectivity index is 1.87. The van der Waals surface area contributed by atoms with Crippen LogP contribution in [0.15, 0.2) is 34.9 Å². The van der Waals surface area contributed by atoms with Gasteiger partial charge in [-0.3, -0.25) is 4.79 Å². The van der Waals surface area contributed by atoms with E-state index in [0.717, 1.165) is 21.7 Å². The molecule has 3 heterocycles. The third kappa shape index (κ3) is 2.50. The Morgan fingerprint density at radius 3 is 2.90 bits per heavy atom. The zero-order chi connectivity index (χ0) is 15.0. The number of aromatic nitrogens is 1. The van der Waals surface area contributed by atoms with Gasteiger partial charge in [0.2, 0.25) is 0 Å². The number of fused-ring (bicyclic) bond motifs is 1. The molecule has 0 saturated heterocycles. The molecule has 0 aliphatic rings. The summed E-state index contributed by atoms with van der Waals surface area (Å²) in [6.07, 6.45) is 1.70. The lowest BCUT2D eigenvalue weighted by Gasteiger charge is -2.15. The average Bonchev–Trinajstić information content (AvgIpc) is 3.03. The summed E-state index contributed by atoms with van der Waals surface area (Å²) in [6.45, 7) is 2.29. The molecule has 3 aromatic rings. The summed E-state index contributed by atoms with van der Waals surface area (Å²) in [5.74, 6) is 1.46. The molecular formula is C15H15N3O2S. The minimum Gasteiger partial charge on any atom is -0.464 e. The van der Waals surface area contributed by atoms with Crippen LogP contribution < -0.4 is 5.73 Å². The molecule has 1 amide bonds. The summed E-state index contributed by atoms with van der Waals surface area (Å²) in [5, 5.41) is 0.827. The molecule has 21 heavy (non-hydrogen) atoms. The van der Waals surface area contributed by atoms with Gasteiger partial charge in [0.25, 0.3) is 5.91 Å². The maximum atomic E-state index is 12.5. The molecule has 108 valence electrons. The molecule has 0 saturated carbocycles. The fourth-order valence-corrected chi connectivity index (χ4v) is 3.22. The van der Waals surface area contributed by atoms with Crippen molar-refractivity contribution in [2.45, 2.75) is 13.5 Å². The minimum absolute atomic E-state index is 0.121. The van der Waals surface area contributed by atoms with E-state index in [0.29, 0.717) is 17.1 Å². The molecule has 3 rings (SSSR count). The van der Waals surface area contributed by atoms with E-state index in [-0.39, 0.29) is 5.91 Å². The summed E-state index contributed by atoms with van der Waals surface area (Å²) in [7, 11) is 1.73. The first-order valence-corrected chi connectivity index (χ1v) is 7.31. The van der Waals surface area contributed by atoms with Crippen LogP contribution in [0.3, 0.4) is 0 Å². The standard InChI is InChI=1S/C15H15N3O2S/c1-9-5-6-10(20-9)8-18(2)15(19)13-12(16)11-4-3-7-17-14(11)21-13/h3-7H,8,16H2,1-2H3. The van der Waals surface area contributed by atoms with Crippen LogP contribution in [-0.2, 0) is 6.54 Å². The zero-order valence-corrected chi connectivity index (χ0v) is 12.6. The Morgan fingerprint density at radius 1 is 1.43 bits per heavy atom. The van der Waals surface area contributed by atoms with E-state index >= 15 is 0 Å². The molecular weight excluding hydrogens is 286 g/mol. The number of nitrogens with zero attached hydrogens (tertiary/aromatic N) is 2. The lowest BCUT2D eigenvalue weighted by atomic mass is 10.2. The van der Waals surface area contributed by atoms with Crippen LogP contribution in [0.4, 0.5) is 5.69 Å². The highest BCUT2D eigenvalue weighted by molar-refractivity contribution is 7.21. The molecule has 6 heteroatoms. The van der Waals surface area contributed by atoms with Gasteiger partial charge in [-0.25, -0.2) is 4.98 Å². The van der Waals surface area contributed by atoms with E-state index in [9.17, 15) is 4.79 Å². The number of thiophene rings is 1. The van der Waals surface area contributed by atoms with Gasteiger partial charge in [0.05, 0.1) is 12.2 Å². The minimum atomic E-state index is -0.121. The number of nitrogens with two attached hydrogens (primary N) is 1. The van der Waals surface area contributed by atoms with Crippen molar-refractivity contribution in [3.8, 4) is 0 Å². The lowest BCUT2D eigenvalue weighted by molar-refractivity contribution is 0.0781. The van der Waals surface area contributed by atoms with E-state index < -0.39 is 0 Å². The van der Waals surface area contributed by atoms with Crippen molar-refractivity contribution in [3.05, 3.63) is 46.9 Å². The molecule has 0 aliphatic carbocycles. The van der Waals surface area contributed by atoms with Crippen molar-refractivity contribution in [1.82, 2.24) is 9.88 Å². The van der Waals surface area contributed by atoms with Gasteiger partial charge >= 0.3 is 0 Å². The van der Waals surface area contributed by atoms with Crippen molar-refractivity contribution in [2.75, 3.05) is 12.8 Å². The van der Waals surface area contributed by atoms with Crippen LogP contribution in [-0.4, -0.2) is 22.8 Å². The number of rotatable bonds is 3. The Bertz CT molecular complexity index is 806. The largest absolute Gasteiger partial charge is 0.464 e. The number of aryl methyl sites for hydroxylation is 1. The van der Waals surface area contributed by atoms with Gasteiger partial charge < -0.3 is 15.1 Å². The number of anilines is 1. The number of pyridine rings is 1. The molecule has 3 aromatic heterocycles. The van der Waals surface area contributed by atoms with Crippen molar-refractivity contribution in [3.63, 3.8) is 0 Å². The van der Waals surface area contributed by atoms with Crippen LogP contribution in [0.2, 0.25) is 0 Å². The highest BCUT2D eigenvalue weighted by Gasteiger charge is 2.20. The molecule has 2 N–H and O–H groups in total. The fraction of sp³-hybridized carbons (Fsp3) is 0.200. The monoisotopic (exact) mass is 301 g/mol. The molecule has 0 radical (unpaired) electrons. The SMILES string of the molecule is Cc1ccc(CN(C)C(=O)c2sc3ncccc3c2N)o1. The van der Waals surface area contributed by atoms with Crippen LogP contribution in [0, 0.1) is 6.92 Å². The number of furan rings is 1. The van der Waals surface area contributed by atoms with Crippen LogP contribution in [0.5, 0.6) is 0 Å². The third-order valence-electron chi connectivity index (χ3n) is 3.23. The maximum Gasteiger partial charge on any atom is 0.266 e. The Kier molecular flexibility index (Phi) is 3.39. The van der Waals surface area contributed by atoms with Gasteiger partial charge in [0.1, 0.15) is 21.2 Å². The van der Waals surface area contributed by atoms with Gasteiger partial charge in [-0.05, 0) is 31.2 Å². The van der Waals surface area contributed by atoms with E-state index in [2.05, 4.69) is 4.98 Å². The van der Waals surface area contributed by atoms with Crippen molar-refractivity contribution in [2.24, 2.45) is 0 Å². The van der Waals surface area contributed by atoms with Gasteiger partial charge in [-0.1, -0.05) is 0 Å². The van der Waals surface area contributed by atoms with Crippen LogP contribution in [0.1, 0.15) is 21.2 Å². The average molecular weight is 301 g/mol. The predicted octanol–water partition coefficient (Wildman–Crippen LogP) is 3.05. The molecule has 0 atom stereocenters. The molecule has 0 bridgehead atoms. The first-order chi connectivity index (χ1) is 10.1. The molecule has 0 spiro atoms. The topological polar surface area (TPSA) is 72.4 Å². The molecule has 0 unspecified atom stereocenters. The lowest BCUT2D eigenvalue weighted by Crippen LogP contribution is -2.25. The summed E-state index contributed by atoms with van der Waals surface area (Å²) < 4.78 is 5.50. The van der Waals surface area contributed by atoms with Gasteiger partial charge in [-0.2, -0.15) is 0 Å². The third-order valence-corrected chi connectivity index (χ3v) is 4.35. The molecule has 0 fully saturated rings. The van der Waals surface area contributed by atoms with Crippen LogP contribution in [0.25, 0.3) is 10.2 Å². The zero-order valence-electron chi connectivity index (χ0n) is 11.8. The molecule has 0 aliphatic heterocycles. The highest BCUT2D eigenvalue weighted by atomic mass is 32.1. The number of carbonyl (C=O) groups is 1. The van der Waals surface area contributed by atoms with Crippen molar-refractivity contribution >= 4 is 33.1 Å². The van der Waals surface area contributed by atoms with Gasteiger partial charge in [0.15, 0.2) is 0 Å². The van der Waals surface area contributed by atoms with E-state index in [1.165, 1.54) is 11.3 Å². The first kappa shape index (κ1) is 13.6. The first-order valence-electron chi connectivity index (χ1n) is 6.50. The molecule has 0 aromatic carbocycles. The summed E-state index contributed by atoms with van der Waals surface area (Å²) in [6, 6.07) is 7.44. The number of hydrogen-bond acceptors (Lipinski definition) is 5. The maximum absolute atomic E-state index is 12.5. The molecule has 5 nitrogen and oxygen atoms in total.